The molecule has 1 aromatic rings. The van der Waals surface area contributed by atoms with E-state index in [-0.39, 0.29) is 6.10 Å². The molecular weight excluding hydrogens is 238 g/mol. The fourth-order valence-electron chi connectivity index (χ4n) is 3.26. The summed E-state index contributed by atoms with van der Waals surface area (Å²) in [5.74, 6) is 0. The number of hydrogen-bond donors (Lipinski definition) is 1. The van der Waals surface area contributed by atoms with Crippen LogP contribution >= 0.6 is 0 Å². The molecule has 3 atom stereocenters. The van der Waals surface area contributed by atoms with Crippen LogP contribution in [0.4, 0.5) is 5.69 Å². The summed E-state index contributed by atoms with van der Waals surface area (Å²) in [5, 5.41) is 10.2. The molecule has 2 aliphatic heterocycles. The molecule has 104 valence electrons. The predicted molar refractivity (Wildman–Crippen MR) is 76.4 cm³/mol. The molecule has 2 heterocycles. The van der Waals surface area contributed by atoms with Gasteiger partial charge in [-0.15, -0.1) is 0 Å². The van der Waals surface area contributed by atoms with E-state index in [1.807, 2.05) is 6.07 Å². The van der Waals surface area contributed by atoms with E-state index in [0.717, 1.165) is 37.9 Å². The summed E-state index contributed by atoms with van der Waals surface area (Å²) >= 11 is 0. The van der Waals surface area contributed by atoms with Crippen molar-refractivity contribution in [3.8, 4) is 0 Å². The highest BCUT2D eigenvalue weighted by Gasteiger charge is 2.27. The van der Waals surface area contributed by atoms with Gasteiger partial charge in [-0.1, -0.05) is 18.2 Å². The number of ether oxygens (including phenoxy) is 1. The molecule has 3 nitrogen and oxygen atoms in total. The first-order valence-corrected chi connectivity index (χ1v) is 7.41. The van der Waals surface area contributed by atoms with Crippen molar-refractivity contribution in [2.24, 2.45) is 0 Å². The van der Waals surface area contributed by atoms with Crippen LogP contribution in [0.5, 0.6) is 0 Å². The van der Waals surface area contributed by atoms with E-state index in [1.54, 1.807) is 0 Å². The summed E-state index contributed by atoms with van der Waals surface area (Å²) in [6.45, 7) is 4.12. The molecule has 0 amide bonds. The third kappa shape index (κ3) is 2.77. The molecule has 3 unspecified atom stereocenters. The van der Waals surface area contributed by atoms with E-state index < -0.39 is 0 Å². The lowest BCUT2D eigenvalue weighted by Crippen LogP contribution is -2.33. The molecular formula is C16H23NO2. The SMILES string of the molecule is CC1CCC(CN2CCCC(O)c3ccccc32)O1. The third-order valence-electron chi connectivity index (χ3n) is 4.29. The monoisotopic (exact) mass is 261 g/mol. The highest BCUT2D eigenvalue weighted by molar-refractivity contribution is 5.55. The predicted octanol–water partition coefficient (Wildman–Crippen LogP) is 2.89. The minimum atomic E-state index is -0.315. The van der Waals surface area contributed by atoms with Gasteiger partial charge in [0.15, 0.2) is 0 Å². The summed E-state index contributed by atoms with van der Waals surface area (Å²) in [7, 11) is 0. The summed E-state index contributed by atoms with van der Waals surface area (Å²) in [6, 6.07) is 8.25. The van der Waals surface area contributed by atoms with Crippen molar-refractivity contribution in [2.45, 2.75) is 50.9 Å². The minimum absolute atomic E-state index is 0.315. The maximum absolute atomic E-state index is 10.2. The van der Waals surface area contributed by atoms with Gasteiger partial charge in [0.1, 0.15) is 0 Å². The number of hydrogen-bond acceptors (Lipinski definition) is 3. The van der Waals surface area contributed by atoms with E-state index in [9.17, 15) is 5.11 Å². The van der Waals surface area contributed by atoms with Gasteiger partial charge in [-0.05, 0) is 38.7 Å². The van der Waals surface area contributed by atoms with Crippen molar-refractivity contribution >= 4 is 5.69 Å². The number of nitrogens with zero attached hydrogens (tertiary/aromatic N) is 1. The second kappa shape index (κ2) is 5.51. The van der Waals surface area contributed by atoms with Gasteiger partial charge in [0.05, 0.1) is 18.3 Å². The van der Waals surface area contributed by atoms with Crippen molar-refractivity contribution in [3.63, 3.8) is 0 Å². The van der Waals surface area contributed by atoms with E-state index >= 15 is 0 Å². The van der Waals surface area contributed by atoms with Gasteiger partial charge in [-0.25, -0.2) is 0 Å². The van der Waals surface area contributed by atoms with Crippen LogP contribution in [0, 0.1) is 0 Å². The Morgan fingerprint density at radius 2 is 2.11 bits per heavy atom. The average molecular weight is 261 g/mol. The van der Waals surface area contributed by atoms with Crippen molar-refractivity contribution < 1.29 is 9.84 Å². The summed E-state index contributed by atoms with van der Waals surface area (Å²) in [6.07, 6.45) is 4.65. The number of anilines is 1. The molecule has 0 bridgehead atoms. The molecule has 1 saturated heterocycles. The topological polar surface area (TPSA) is 32.7 Å². The maximum Gasteiger partial charge on any atom is 0.0810 e. The molecule has 3 rings (SSSR count). The van der Waals surface area contributed by atoms with E-state index in [0.29, 0.717) is 12.2 Å². The number of aliphatic hydroxyl groups is 1. The molecule has 1 fully saturated rings. The molecule has 1 N–H and O–H groups in total. The fraction of sp³-hybridized carbons (Fsp3) is 0.625. The van der Waals surface area contributed by atoms with E-state index in [4.69, 9.17) is 4.74 Å². The lowest BCUT2D eigenvalue weighted by molar-refractivity contribution is 0.0600. The average Bonchev–Trinajstić information content (AvgIpc) is 2.75. The van der Waals surface area contributed by atoms with Crippen LogP contribution < -0.4 is 4.90 Å². The third-order valence-corrected chi connectivity index (χ3v) is 4.29. The molecule has 0 spiro atoms. The summed E-state index contributed by atoms with van der Waals surface area (Å²) < 4.78 is 5.94. The molecule has 1 aromatic carbocycles. The van der Waals surface area contributed by atoms with Gasteiger partial charge in [-0.3, -0.25) is 0 Å². The van der Waals surface area contributed by atoms with Crippen LogP contribution in [0.15, 0.2) is 24.3 Å². The zero-order valence-electron chi connectivity index (χ0n) is 11.6. The Kier molecular flexibility index (Phi) is 3.76. The molecule has 2 aliphatic rings. The van der Waals surface area contributed by atoms with Crippen LogP contribution in [0.25, 0.3) is 0 Å². The van der Waals surface area contributed by atoms with Crippen LogP contribution in [-0.2, 0) is 4.74 Å². The Balaban J connectivity index is 1.79. The smallest absolute Gasteiger partial charge is 0.0810 e. The number of aliphatic hydroxyl groups excluding tert-OH is 1. The molecule has 3 heteroatoms. The quantitative estimate of drug-likeness (QED) is 0.888. The summed E-state index contributed by atoms with van der Waals surface area (Å²) in [5.41, 5.74) is 2.27. The standard InChI is InChI=1S/C16H23NO2/c1-12-8-9-13(19-12)11-17-10-4-7-16(18)14-5-2-3-6-15(14)17/h2-3,5-6,12-13,16,18H,4,7-11H2,1H3. The largest absolute Gasteiger partial charge is 0.388 e. The van der Waals surface area contributed by atoms with E-state index in [1.165, 1.54) is 12.1 Å². The minimum Gasteiger partial charge on any atom is -0.388 e. The number of rotatable bonds is 2. The van der Waals surface area contributed by atoms with Crippen molar-refractivity contribution in [1.29, 1.82) is 0 Å². The molecule has 19 heavy (non-hydrogen) atoms. The molecule has 0 saturated carbocycles. The zero-order valence-corrected chi connectivity index (χ0v) is 11.6. The van der Waals surface area contributed by atoms with E-state index in [2.05, 4.69) is 30.0 Å². The van der Waals surface area contributed by atoms with Crippen molar-refractivity contribution in [3.05, 3.63) is 29.8 Å². The number of para-hydroxylation sites is 1. The first-order valence-electron chi connectivity index (χ1n) is 7.41. The van der Waals surface area contributed by atoms with Crippen molar-refractivity contribution in [2.75, 3.05) is 18.0 Å². The molecule has 0 aromatic heterocycles. The normalized spacial score (nSPS) is 31.1. The Bertz CT molecular complexity index is 435. The van der Waals surface area contributed by atoms with Gasteiger partial charge in [0.25, 0.3) is 0 Å². The fourth-order valence-corrected chi connectivity index (χ4v) is 3.26. The van der Waals surface area contributed by atoms with Crippen LogP contribution in [0.2, 0.25) is 0 Å². The van der Waals surface area contributed by atoms with Gasteiger partial charge >= 0.3 is 0 Å². The van der Waals surface area contributed by atoms with Gasteiger partial charge in [-0.2, -0.15) is 0 Å². The Hall–Kier alpha value is -1.06. The highest BCUT2D eigenvalue weighted by atomic mass is 16.5. The van der Waals surface area contributed by atoms with Crippen LogP contribution in [-0.4, -0.2) is 30.4 Å². The zero-order chi connectivity index (χ0) is 13.2. The van der Waals surface area contributed by atoms with Crippen LogP contribution in [0.1, 0.15) is 44.3 Å². The Morgan fingerprint density at radius 1 is 1.26 bits per heavy atom. The van der Waals surface area contributed by atoms with Gasteiger partial charge in [0.2, 0.25) is 0 Å². The number of fused-ring (bicyclic) bond motifs is 1. The van der Waals surface area contributed by atoms with Gasteiger partial charge in [0, 0.05) is 24.3 Å². The number of benzene rings is 1. The molecule has 0 radical (unpaired) electrons. The second-order valence-electron chi connectivity index (χ2n) is 5.81. The Labute approximate surface area is 115 Å². The Morgan fingerprint density at radius 3 is 2.89 bits per heavy atom. The van der Waals surface area contributed by atoms with Gasteiger partial charge < -0.3 is 14.7 Å². The second-order valence-corrected chi connectivity index (χ2v) is 5.81. The summed E-state index contributed by atoms with van der Waals surface area (Å²) in [4.78, 5) is 2.40. The molecule has 0 aliphatic carbocycles. The van der Waals surface area contributed by atoms with Crippen molar-refractivity contribution in [1.82, 2.24) is 0 Å². The first-order chi connectivity index (χ1) is 9.24. The lowest BCUT2D eigenvalue weighted by Gasteiger charge is -2.28. The maximum atomic E-state index is 10.2. The van der Waals surface area contributed by atoms with Crippen LogP contribution in [0.3, 0.4) is 0 Å². The lowest BCUT2D eigenvalue weighted by atomic mass is 10.0. The highest BCUT2D eigenvalue weighted by Crippen LogP contribution is 2.33. The first kappa shape index (κ1) is 12.9.